The molecule has 2 unspecified atom stereocenters. The summed E-state index contributed by atoms with van der Waals surface area (Å²) >= 11 is 0. The molecule has 0 aromatic rings. The molecule has 2 atom stereocenters. The van der Waals surface area contributed by atoms with Gasteiger partial charge in [0.1, 0.15) is 0 Å². The summed E-state index contributed by atoms with van der Waals surface area (Å²) in [5.74, 6) is -0.366. The smallest absolute Gasteiger partial charge is 0.328 e. The molecule has 2 N–H and O–H groups in total. The molecule has 5 heteroatoms. The molecule has 0 aliphatic heterocycles. The van der Waals surface area contributed by atoms with Gasteiger partial charge < -0.3 is 10.4 Å². The van der Waals surface area contributed by atoms with Crippen LogP contribution < -0.4 is 5.32 Å². The SMILES string of the molecule is CC(CS(C)=O)NC/C=C/C(=O)O. The molecule has 0 spiro atoms. The van der Waals surface area contributed by atoms with E-state index in [1.807, 2.05) is 6.92 Å². The minimum atomic E-state index is -0.950. The molecule has 0 amide bonds. The molecule has 0 aromatic carbocycles. The van der Waals surface area contributed by atoms with Crippen LogP contribution in [0.5, 0.6) is 0 Å². The number of carboxylic acid groups (broad SMARTS) is 1. The van der Waals surface area contributed by atoms with Crippen molar-refractivity contribution in [2.45, 2.75) is 13.0 Å². The lowest BCUT2D eigenvalue weighted by atomic mass is 10.4. The van der Waals surface area contributed by atoms with E-state index in [4.69, 9.17) is 5.11 Å². The first-order valence-corrected chi connectivity index (χ1v) is 5.68. The molecule has 13 heavy (non-hydrogen) atoms. The van der Waals surface area contributed by atoms with E-state index in [1.165, 1.54) is 6.08 Å². The Hall–Kier alpha value is -0.680. The zero-order chi connectivity index (χ0) is 10.3. The second kappa shape index (κ2) is 6.80. The fourth-order valence-corrected chi connectivity index (χ4v) is 1.66. The monoisotopic (exact) mass is 205 g/mol. The minimum Gasteiger partial charge on any atom is -0.478 e. The molecule has 0 radical (unpaired) electrons. The summed E-state index contributed by atoms with van der Waals surface area (Å²) in [5, 5.41) is 11.3. The van der Waals surface area contributed by atoms with Crippen LogP contribution in [0.1, 0.15) is 6.92 Å². The number of carboxylic acids is 1. The summed E-state index contributed by atoms with van der Waals surface area (Å²) in [7, 11) is -0.813. The van der Waals surface area contributed by atoms with Crippen molar-refractivity contribution in [2.24, 2.45) is 0 Å². The minimum absolute atomic E-state index is 0.143. The average molecular weight is 205 g/mol. The number of carbonyl (C=O) groups is 1. The molecule has 0 aliphatic carbocycles. The lowest BCUT2D eigenvalue weighted by molar-refractivity contribution is -0.131. The van der Waals surface area contributed by atoms with Crippen molar-refractivity contribution in [3.63, 3.8) is 0 Å². The van der Waals surface area contributed by atoms with E-state index >= 15 is 0 Å². The lowest BCUT2D eigenvalue weighted by Gasteiger charge is -2.09. The van der Waals surface area contributed by atoms with Crippen LogP contribution in [0.15, 0.2) is 12.2 Å². The highest BCUT2D eigenvalue weighted by molar-refractivity contribution is 7.84. The van der Waals surface area contributed by atoms with Crippen LogP contribution in [0.3, 0.4) is 0 Å². The summed E-state index contributed by atoms with van der Waals surface area (Å²) in [5.41, 5.74) is 0. The summed E-state index contributed by atoms with van der Waals surface area (Å²) < 4.78 is 10.8. The van der Waals surface area contributed by atoms with E-state index in [0.29, 0.717) is 12.3 Å². The molecule has 0 rings (SSSR count). The fourth-order valence-electron chi connectivity index (χ4n) is 0.840. The highest BCUT2D eigenvalue weighted by Gasteiger charge is 2.01. The Balaban J connectivity index is 3.53. The number of nitrogens with one attached hydrogen (secondary N) is 1. The largest absolute Gasteiger partial charge is 0.478 e. The van der Waals surface area contributed by atoms with Gasteiger partial charge in [-0.1, -0.05) is 6.08 Å². The maximum atomic E-state index is 10.8. The van der Waals surface area contributed by atoms with Gasteiger partial charge in [-0.2, -0.15) is 0 Å². The summed E-state index contributed by atoms with van der Waals surface area (Å²) in [4.78, 5) is 10.1. The normalized spacial score (nSPS) is 15.8. The van der Waals surface area contributed by atoms with Gasteiger partial charge in [-0.05, 0) is 6.92 Å². The standard InChI is InChI=1S/C8H15NO3S/c1-7(6-13(2)12)9-5-3-4-8(10)11/h3-4,7,9H,5-6H2,1-2H3,(H,10,11)/b4-3+. The molecule has 0 heterocycles. The van der Waals surface area contributed by atoms with Crippen molar-refractivity contribution in [1.29, 1.82) is 0 Å². The highest BCUT2D eigenvalue weighted by atomic mass is 32.2. The molecule has 0 saturated carbocycles. The van der Waals surface area contributed by atoms with E-state index < -0.39 is 16.8 Å². The Morgan fingerprint density at radius 3 is 2.77 bits per heavy atom. The van der Waals surface area contributed by atoms with Crippen LogP contribution in [-0.4, -0.2) is 39.9 Å². The summed E-state index contributed by atoms with van der Waals surface area (Å²) in [6, 6.07) is 0.143. The lowest BCUT2D eigenvalue weighted by Crippen LogP contribution is -2.31. The van der Waals surface area contributed by atoms with Crippen LogP contribution in [0.25, 0.3) is 0 Å². The van der Waals surface area contributed by atoms with Gasteiger partial charge >= 0.3 is 5.97 Å². The van der Waals surface area contributed by atoms with E-state index in [-0.39, 0.29) is 6.04 Å². The number of aliphatic carboxylic acids is 1. The molecular weight excluding hydrogens is 190 g/mol. The third kappa shape index (κ3) is 9.23. The van der Waals surface area contributed by atoms with Crippen molar-refractivity contribution in [2.75, 3.05) is 18.6 Å². The average Bonchev–Trinajstić information content (AvgIpc) is 1.96. The van der Waals surface area contributed by atoms with Gasteiger partial charge in [0.2, 0.25) is 0 Å². The van der Waals surface area contributed by atoms with Crippen LogP contribution in [-0.2, 0) is 15.6 Å². The molecule has 4 nitrogen and oxygen atoms in total. The van der Waals surface area contributed by atoms with Gasteiger partial charge in [-0.15, -0.1) is 0 Å². The molecule has 76 valence electrons. The van der Waals surface area contributed by atoms with Gasteiger partial charge in [0.25, 0.3) is 0 Å². The van der Waals surface area contributed by atoms with E-state index in [2.05, 4.69) is 5.32 Å². The zero-order valence-electron chi connectivity index (χ0n) is 7.82. The maximum Gasteiger partial charge on any atom is 0.328 e. The quantitative estimate of drug-likeness (QED) is 0.598. The Labute approximate surface area is 80.5 Å². The maximum absolute atomic E-state index is 10.8. The molecule has 0 aromatic heterocycles. The van der Waals surface area contributed by atoms with Gasteiger partial charge in [-0.3, -0.25) is 4.21 Å². The van der Waals surface area contributed by atoms with Gasteiger partial charge in [0.05, 0.1) is 0 Å². The topological polar surface area (TPSA) is 66.4 Å². The zero-order valence-corrected chi connectivity index (χ0v) is 8.63. The Kier molecular flexibility index (Phi) is 6.44. The van der Waals surface area contributed by atoms with E-state index in [9.17, 15) is 9.00 Å². The van der Waals surface area contributed by atoms with Crippen LogP contribution in [0, 0.1) is 0 Å². The van der Waals surface area contributed by atoms with E-state index in [1.54, 1.807) is 6.26 Å². The molecule has 0 aliphatic rings. The van der Waals surface area contributed by atoms with Crippen LogP contribution >= 0.6 is 0 Å². The molecular formula is C8H15NO3S. The Morgan fingerprint density at radius 2 is 2.31 bits per heavy atom. The first-order valence-electron chi connectivity index (χ1n) is 3.95. The Morgan fingerprint density at radius 1 is 1.69 bits per heavy atom. The van der Waals surface area contributed by atoms with Gasteiger partial charge in [-0.25, -0.2) is 4.79 Å². The number of hydrogen-bond acceptors (Lipinski definition) is 3. The predicted octanol–water partition coefficient (Wildman–Crippen LogP) is -0.0162. The fraction of sp³-hybridized carbons (Fsp3) is 0.625. The highest BCUT2D eigenvalue weighted by Crippen LogP contribution is 1.85. The van der Waals surface area contributed by atoms with Gasteiger partial charge in [0.15, 0.2) is 0 Å². The van der Waals surface area contributed by atoms with Crippen molar-refractivity contribution in [1.82, 2.24) is 5.32 Å². The number of hydrogen-bond donors (Lipinski definition) is 2. The van der Waals surface area contributed by atoms with Crippen molar-refractivity contribution in [3.8, 4) is 0 Å². The third-order valence-electron chi connectivity index (χ3n) is 1.33. The second-order valence-electron chi connectivity index (χ2n) is 2.79. The first-order chi connectivity index (χ1) is 6.02. The van der Waals surface area contributed by atoms with Crippen LogP contribution in [0.2, 0.25) is 0 Å². The van der Waals surface area contributed by atoms with Crippen molar-refractivity contribution < 1.29 is 14.1 Å². The first kappa shape index (κ1) is 12.3. The predicted molar refractivity (Wildman–Crippen MR) is 53.2 cm³/mol. The molecule has 0 fully saturated rings. The van der Waals surface area contributed by atoms with Gasteiger partial charge in [0, 0.05) is 41.5 Å². The Bertz CT molecular complexity index is 215. The molecule has 0 bridgehead atoms. The van der Waals surface area contributed by atoms with E-state index in [0.717, 1.165) is 6.08 Å². The van der Waals surface area contributed by atoms with Crippen molar-refractivity contribution >= 4 is 16.8 Å². The molecule has 0 saturated heterocycles. The second-order valence-corrected chi connectivity index (χ2v) is 4.27. The third-order valence-corrected chi connectivity index (χ3v) is 2.30. The summed E-state index contributed by atoms with van der Waals surface area (Å²) in [6.45, 7) is 2.40. The van der Waals surface area contributed by atoms with Crippen LogP contribution in [0.4, 0.5) is 0 Å². The van der Waals surface area contributed by atoms with Crippen molar-refractivity contribution in [3.05, 3.63) is 12.2 Å². The number of rotatable bonds is 6. The summed E-state index contributed by atoms with van der Waals surface area (Å²) in [6.07, 6.45) is 4.26.